The van der Waals surface area contributed by atoms with Crippen LogP contribution in [0.2, 0.25) is 10.0 Å². The zero-order valence-electron chi connectivity index (χ0n) is 19.9. The zero-order chi connectivity index (χ0) is 26.7. The number of ether oxygens (including phenoxy) is 2. The number of hydrogen-bond acceptors (Lipinski definition) is 7. The predicted molar refractivity (Wildman–Crippen MR) is 139 cm³/mol. The molecule has 4 rings (SSSR count). The number of esters is 1. The van der Waals surface area contributed by atoms with E-state index in [1.807, 2.05) is 0 Å². The third kappa shape index (κ3) is 5.16. The predicted octanol–water partition coefficient (Wildman–Crippen LogP) is 5.13. The molecule has 1 aliphatic rings. The average Bonchev–Trinajstić information content (AvgIpc) is 3.14. The van der Waals surface area contributed by atoms with Gasteiger partial charge in [0.05, 0.1) is 42.0 Å². The Kier molecular flexibility index (Phi) is 7.80. The fourth-order valence-corrected chi connectivity index (χ4v) is 4.73. The van der Waals surface area contributed by atoms with Crippen LogP contribution in [0.3, 0.4) is 0 Å². The van der Waals surface area contributed by atoms with Crippen molar-refractivity contribution in [1.82, 2.24) is 4.98 Å². The van der Waals surface area contributed by atoms with Gasteiger partial charge in [0.1, 0.15) is 17.6 Å². The van der Waals surface area contributed by atoms with Gasteiger partial charge < -0.3 is 14.6 Å². The maximum Gasteiger partial charge on any atom is 0.310 e. The molecule has 2 heterocycles. The minimum atomic E-state index is -1.06. The Morgan fingerprint density at radius 3 is 2.46 bits per heavy atom. The standard InChI is InChI=1S/C27H22Cl2N2O6/c1-3-37-21(32)12-15-7-9-17(10-8-15)31-23(20-6-4-5-11-30-20)22(25(34)27(31)35)24(33)18-13-16(28)14-19(29)26(18)36-2/h4-11,13-14,23,33H,3,12H2,1-2H3/b24-22+. The van der Waals surface area contributed by atoms with E-state index in [9.17, 15) is 19.5 Å². The van der Waals surface area contributed by atoms with Crippen molar-refractivity contribution in [3.63, 3.8) is 0 Å². The largest absolute Gasteiger partial charge is 0.507 e. The second-order valence-electron chi connectivity index (χ2n) is 8.04. The number of aromatic nitrogens is 1. The third-order valence-electron chi connectivity index (χ3n) is 5.75. The Bertz CT molecular complexity index is 1390. The summed E-state index contributed by atoms with van der Waals surface area (Å²) in [4.78, 5) is 44.1. The number of carbonyl (C=O) groups is 3. The summed E-state index contributed by atoms with van der Waals surface area (Å²) in [5.74, 6) is -2.56. The Morgan fingerprint density at radius 2 is 1.84 bits per heavy atom. The molecule has 190 valence electrons. The van der Waals surface area contributed by atoms with Crippen molar-refractivity contribution in [3.05, 3.63) is 93.2 Å². The number of benzene rings is 2. The molecule has 0 radical (unpaired) electrons. The molecular weight excluding hydrogens is 519 g/mol. The van der Waals surface area contributed by atoms with E-state index in [0.717, 1.165) is 0 Å². The fourth-order valence-electron chi connectivity index (χ4n) is 4.16. The summed E-state index contributed by atoms with van der Waals surface area (Å²) in [6.45, 7) is 2.00. The zero-order valence-corrected chi connectivity index (χ0v) is 21.4. The number of anilines is 1. The van der Waals surface area contributed by atoms with Crippen molar-refractivity contribution in [2.45, 2.75) is 19.4 Å². The highest BCUT2D eigenvalue weighted by Crippen LogP contribution is 2.44. The number of methoxy groups -OCH3 is 1. The van der Waals surface area contributed by atoms with Gasteiger partial charge in [0.2, 0.25) is 0 Å². The normalized spacial score (nSPS) is 16.6. The van der Waals surface area contributed by atoms with E-state index in [4.69, 9.17) is 32.7 Å². The van der Waals surface area contributed by atoms with Gasteiger partial charge in [0.25, 0.3) is 11.7 Å². The van der Waals surface area contributed by atoms with E-state index >= 15 is 0 Å². The molecule has 1 atom stereocenters. The van der Waals surface area contributed by atoms with Gasteiger partial charge in [-0.05, 0) is 48.9 Å². The summed E-state index contributed by atoms with van der Waals surface area (Å²) in [6.07, 6.45) is 1.58. The van der Waals surface area contributed by atoms with Crippen molar-refractivity contribution in [2.24, 2.45) is 0 Å². The third-order valence-corrected chi connectivity index (χ3v) is 6.25. The summed E-state index contributed by atoms with van der Waals surface area (Å²) in [5, 5.41) is 11.7. The number of pyridine rings is 1. The molecule has 0 aliphatic carbocycles. The number of aliphatic hydroxyl groups excluding tert-OH is 1. The van der Waals surface area contributed by atoms with Gasteiger partial charge in [-0.15, -0.1) is 0 Å². The molecule has 1 N–H and O–H groups in total. The van der Waals surface area contributed by atoms with Gasteiger partial charge in [-0.25, -0.2) is 0 Å². The van der Waals surface area contributed by atoms with Crippen LogP contribution in [0.1, 0.15) is 29.8 Å². The van der Waals surface area contributed by atoms with Crippen molar-refractivity contribution in [3.8, 4) is 5.75 Å². The number of hydrogen-bond donors (Lipinski definition) is 1. The highest BCUT2D eigenvalue weighted by Gasteiger charge is 2.48. The first-order valence-corrected chi connectivity index (χ1v) is 12.0. The van der Waals surface area contributed by atoms with E-state index in [1.54, 1.807) is 49.4 Å². The molecule has 3 aromatic rings. The maximum atomic E-state index is 13.3. The van der Waals surface area contributed by atoms with Crippen LogP contribution in [0.15, 0.2) is 66.4 Å². The SMILES string of the molecule is CCOC(=O)Cc1ccc(N2C(=O)C(=O)/C(=C(/O)c3cc(Cl)cc(Cl)c3OC)C2c2ccccn2)cc1. The minimum Gasteiger partial charge on any atom is -0.507 e. The number of carbonyl (C=O) groups excluding carboxylic acids is 3. The molecule has 1 aliphatic heterocycles. The summed E-state index contributed by atoms with van der Waals surface area (Å²) >= 11 is 12.4. The van der Waals surface area contributed by atoms with Crippen LogP contribution in [-0.2, 0) is 25.5 Å². The van der Waals surface area contributed by atoms with Gasteiger partial charge >= 0.3 is 5.97 Å². The summed E-state index contributed by atoms with van der Waals surface area (Å²) in [6, 6.07) is 13.4. The molecule has 0 spiro atoms. The lowest BCUT2D eigenvalue weighted by atomic mass is 9.97. The molecule has 1 unspecified atom stereocenters. The smallest absolute Gasteiger partial charge is 0.310 e. The molecule has 1 amide bonds. The van der Waals surface area contributed by atoms with Gasteiger partial charge in [0, 0.05) is 16.9 Å². The number of ketones is 1. The van der Waals surface area contributed by atoms with Gasteiger partial charge in [-0.2, -0.15) is 0 Å². The number of halogens is 2. The highest BCUT2D eigenvalue weighted by molar-refractivity contribution is 6.51. The van der Waals surface area contributed by atoms with Crippen molar-refractivity contribution >= 4 is 52.3 Å². The summed E-state index contributed by atoms with van der Waals surface area (Å²) in [5.41, 5.74) is 1.26. The molecule has 8 nitrogen and oxygen atoms in total. The molecule has 1 saturated heterocycles. The second-order valence-corrected chi connectivity index (χ2v) is 8.88. The van der Waals surface area contributed by atoms with E-state index in [-0.39, 0.29) is 45.9 Å². The van der Waals surface area contributed by atoms with Crippen molar-refractivity contribution in [1.29, 1.82) is 0 Å². The Hall–Kier alpha value is -3.88. The van der Waals surface area contributed by atoms with Crippen molar-refractivity contribution < 1.29 is 29.0 Å². The number of amides is 1. The fraction of sp³-hybridized carbons (Fsp3) is 0.185. The molecule has 0 bridgehead atoms. The van der Waals surface area contributed by atoms with E-state index in [0.29, 0.717) is 16.9 Å². The van der Waals surface area contributed by atoms with Crippen LogP contribution >= 0.6 is 23.2 Å². The van der Waals surface area contributed by atoms with Crippen LogP contribution in [0.25, 0.3) is 5.76 Å². The lowest BCUT2D eigenvalue weighted by molar-refractivity contribution is -0.142. The molecular formula is C27H22Cl2N2O6. The number of rotatable bonds is 7. The van der Waals surface area contributed by atoms with Crippen LogP contribution in [0.5, 0.6) is 5.75 Å². The van der Waals surface area contributed by atoms with Gasteiger partial charge in [-0.1, -0.05) is 41.4 Å². The number of Topliss-reactive ketones (excluding diaryl/α,β-unsaturated/α-hetero) is 1. The minimum absolute atomic E-state index is 0.0590. The molecule has 1 fully saturated rings. The van der Waals surface area contributed by atoms with Crippen molar-refractivity contribution in [2.75, 3.05) is 18.6 Å². The average molecular weight is 541 g/mol. The molecule has 10 heteroatoms. The van der Waals surface area contributed by atoms with Crippen LogP contribution in [0.4, 0.5) is 5.69 Å². The van der Waals surface area contributed by atoms with E-state index in [1.165, 1.54) is 30.3 Å². The first-order valence-electron chi connectivity index (χ1n) is 11.3. The summed E-state index contributed by atoms with van der Waals surface area (Å²) < 4.78 is 10.3. The molecule has 0 saturated carbocycles. The Balaban J connectivity index is 1.86. The van der Waals surface area contributed by atoms with Gasteiger partial charge in [0.15, 0.2) is 0 Å². The van der Waals surface area contributed by atoms with Crippen LogP contribution in [0, 0.1) is 0 Å². The summed E-state index contributed by atoms with van der Waals surface area (Å²) in [7, 11) is 1.36. The second kappa shape index (κ2) is 11.0. The quantitative estimate of drug-likeness (QED) is 0.191. The lowest BCUT2D eigenvalue weighted by Crippen LogP contribution is -2.29. The van der Waals surface area contributed by atoms with E-state index < -0.39 is 23.5 Å². The molecule has 37 heavy (non-hydrogen) atoms. The van der Waals surface area contributed by atoms with Crippen LogP contribution in [-0.4, -0.2) is 41.5 Å². The Labute approximate surface area is 223 Å². The first kappa shape index (κ1) is 26.2. The first-order chi connectivity index (χ1) is 17.8. The monoisotopic (exact) mass is 540 g/mol. The molecule has 2 aromatic carbocycles. The van der Waals surface area contributed by atoms with Gasteiger partial charge in [-0.3, -0.25) is 24.3 Å². The number of nitrogens with zero attached hydrogens (tertiary/aromatic N) is 2. The molecule has 1 aromatic heterocycles. The van der Waals surface area contributed by atoms with E-state index in [2.05, 4.69) is 4.98 Å². The topological polar surface area (TPSA) is 106 Å². The van der Waals surface area contributed by atoms with Crippen LogP contribution < -0.4 is 9.64 Å². The highest BCUT2D eigenvalue weighted by atomic mass is 35.5. The Morgan fingerprint density at radius 1 is 1.11 bits per heavy atom. The maximum absolute atomic E-state index is 13.3. The number of aliphatic hydroxyl groups is 1. The lowest BCUT2D eigenvalue weighted by Gasteiger charge is -2.25.